The Labute approximate surface area is 140 Å². The lowest BCUT2D eigenvalue weighted by Crippen LogP contribution is -2.39. The molecule has 1 aromatic rings. The van der Waals surface area contributed by atoms with Crippen molar-refractivity contribution in [2.24, 2.45) is 11.8 Å². The maximum atomic E-state index is 13.6. The highest BCUT2D eigenvalue weighted by Crippen LogP contribution is 2.44. The van der Waals surface area contributed by atoms with E-state index in [1.54, 1.807) is 6.07 Å². The second kappa shape index (κ2) is 6.29. The normalized spacial score (nSPS) is 26.7. The van der Waals surface area contributed by atoms with Crippen molar-refractivity contribution in [1.82, 2.24) is 9.88 Å². The van der Waals surface area contributed by atoms with Crippen molar-refractivity contribution in [3.05, 3.63) is 23.4 Å². The zero-order valence-corrected chi connectivity index (χ0v) is 13.5. The fourth-order valence-corrected chi connectivity index (χ4v) is 3.11. The molecule has 2 aliphatic carbocycles. The van der Waals surface area contributed by atoms with E-state index < -0.39 is 12.4 Å². The lowest BCUT2D eigenvalue weighted by atomic mass is 10.1. The number of nitrogens with zero attached hydrogens (tertiary/aromatic N) is 2. The number of ether oxygens (including phenoxy) is 1. The molecule has 1 amide bonds. The molecule has 24 heavy (non-hydrogen) atoms. The van der Waals surface area contributed by atoms with Crippen LogP contribution in [0.1, 0.15) is 54.1 Å². The summed E-state index contributed by atoms with van der Waals surface area (Å²) in [6.45, 7) is 0.625. The fraction of sp³-hybridized carbons (Fsp3) is 0.647. The van der Waals surface area contributed by atoms with E-state index in [1.807, 2.05) is 6.07 Å². The highest BCUT2D eigenvalue weighted by atomic mass is 19.1. The Morgan fingerprint density at radius 3 is 2.79 bits per heavy atom. The van der Waals surface area contributed by atoms with E-state index in [-0.39, 0.29) is 24.6 Å². The Morgan fingerprint density at radius 2 is 2.12 bits per heavy atom. The lowest BCUT2D eigenvalue weighted by Gasteiger charge is -2.22. The van der Waals surface area contributed by atoms with Gasteiger partial charge in [-0.25, -0.2) is 15.3 Å². The zero-order chi connectivity index (χ0) is 16.7. The summed E-state index contributed by atoms with van der Waals surface area (Å²) in [5.41, 5.74) is 1.32. The number of likely N-dealkylation sites (tertiary alicyclic amines) is 1. The molecule has 1 saturated heterocycles. The highest BCUT2D eigenvalue weighted by Gasteiger charge is 2.37. The third-order valence-corrected chi connectivity index (χ3v) is 4.90. The second-order valence-electron chi connectivity index (χ2n) is 7.00. The number of nitrogens with two attached hydrogens (primary N) is 1. The van der Waals surface area contributed by atoms with Crippen molar-refractivity contribution >= 4 is 5.91 Å². The van der Waals surface area contributed by atoms with E-state index in [4.69, 9.17) is 15.5 Å². The van der Waals surface area contributed by atoms with Crippen molar-refractivity contribution in [3.63, 3.8) is 0 Å². The lowest BCUT2D eigenvalue weighted by molar-refractivity contribution is -0.0271. The highest BCUT2D eigenvalue weighted by molar-refractivity contribution is 5.93. The number of alkyl halides is 1. The molecule has 3 fully saturated rings. The Balaban J connectivity index is 1.55. The maximum absolute atomic E-state index is 13.6. The average molecular weight is 335 g/mol. The molecule has 4 rings (SSSR count). The maximum Gasteiger partial charge on any atom is 0.274 e. The topological polar surface area (TPSA) is 77.7 Å². The Kier molecular flexibility index (Phi) is 4.14. The second-order valence-corrected chi connectivity index (χ2v) is 7.00. The molecule has 0 aromatic carbocycles. The molecule has 3 aliphatic rings. The Hall–Kier alpha value is -1.73. The van der Waals surface area contributed by atoms with Crippen LogP contribution in [0.25, 0.3) is 0 Å². The Bertz CT molecular complexity index is 634. The van der Waals surface area contributed by atoms with Crippen LogP contribution in [0.2, 0.25) is 0 Å². The molecular weight excluding hydrogens is 313 g/mol. The Morgan fingerprint density at radius 1 is 1.33 bits per heavy atom. The molecule has 130 valence electrons. The molecule has 0 radical (unpaired) electrons. The molecule has 1 aliphatic heterocycles. The smallest absolute Gasteiger partial charge is 0.274 e. The van der Waals surface area contributed by atoms with Gasteiger partial charge in [-0.15, -0.1) is 0 Å². The van der Waals surface area contributed by atoms with Crippen LogP contribution in [-0.2, 0) is 4.84 Å². The summed E-state index contributed by atoms with van der Waals surface area (Å²) in [6.07, 6.45) is 2.87. The first kappa shape index (κ1) is 15.8. The summed E-state index contributed by atoms with van der Waals surface area (Å²) in [5.74, 6) is 6.46. The van der Waals surface area contributed by atoms with E-state index in [2.05, 4.69) is 4.98 Å². The summed E-state index contributed by atoms with van der Waals surface area (Å²) in [5, 5.41) is 0. The van der Waals surface area contributed by atoms with Crippen molar-refractivity contribution in [2.75, 3.05) is 13.2 Å². The molecule has 7 heteroatoms. The molecule has 2 unspecified atom stereocenters. The van der Waals surface area contributed by atoms with Gasteiger partial charge in [0.05, 0.1) is 13.2 Å². The largest absolute Gasteiger partial charge is 0.477 e. The summed E-state index contributed by atoms with van der Waals surface area (Å²) in [4.78, 5) is 23.1. The molecule has 1 aromatic heterocycles. The first-order valence-electron chi connectivity index (χ1n) is 8.60. The summed E-state index contributed by atoms with van der Waals surface area (Å²) < 4.78 is 19.5. The van der Waals surface area contributed by atoms with Crippen LogP contribution in [-0.4, -0.2) is 41.3 Å². The number of carbonyl (C=O) groups is 1. The molecule has 2 saturated carbocycles. The molecule has 2 N–H and O–H groups in total. The molecule has 0 bridgehead atoms. The minimum atomic E-state index is -1.13. The average Bonchev–Trinajstić information content (AvgIpc) is 3.50. The van der Waals surface area contributed by atoms with Gasteiger partial charge in [-0.05, 0) is 43.6 Å². The number of carbonyl (C=O) groups excluding carboxylic acids is 1. The van der Waals surface area contributed by atoms with E-state index in [9.17, 15) is 9.18 Å². The van der Waals surface area contributed by atoms with Crippen molar-refractivity contribution in [3.8, 4) is 5.88 Å². The molecular formula is C17H22FN3O3. The number of aromatic nitrogens is 1. The number of hydrogen-bond acceptors (Lipinski definition) is 5. The fourth-order valence-electron chi connectivity index (χ4n) is 3.11. The van der Waals surface area contributed by atoms with E-state index in [0.717, 1.165) is 18.4 Å². The zero-order valence-electron chi connectivity index (χ0n) is 13.5. The third-order valence-electron chi connectivity index (χ3n) is 4.90. The van der Waals surface area contributed by atoms with Crippen LogP contribution in [0, 0.1) is 5.92 Å². The van der Waals surface area contributed by atoms with Gasteiger partial charge in [-0.3, -0.25) is 9.63 Å². The van der Waals surface area contributed by atoms with Gasteiger partial charge in [0.2, 0.25) is 5.88 Å². The van der Waals surface area contributed by atoms with Gasteiger partial charge >= 0.3 is 0 Å². The molecule has 2 atom stereocenters. The van der Waals surface area contributed by atoms with Crippen LogP contribution in [0.4, 0.5) is 4.39 Å². The molecule has 2 heterocycles. The number of pyridine rings is 1. The summed E-state index contributed by atoms with van der Waals surface area (Å²) >= 11 is 0. The first-order valence-corrected chi connectivity index (χ1v) is 8.60. The minimum Gasteiger partial charge on any atom is -0.477 e. The van der Waals surface area contributed by atoms with Crippen molar-refractivity contribution in [1.29, 1.82) is 0 Å². The van der Waals surface area contributed by atoms with Crippen LogP contribution in [0.15, 0.2) is 12.1 Å². The van der Waals surface area contributed by atoms with Gasteiger partial charge in [0.15, 0.2) is 6.23 Å². The van der Waals surface area contributed by atoms with E-state index in [1.165, 1.54) is 17.7 Å². The van der Waals surface area contributed by atoms with Crippen molar-refractivity contribution in [2.45, 2.75) is 50.4 Å². The van der Waals surface area contributed by atoms with Gasteiger partial charge in [-0.2, -0.15) is 0 Å². The van der Waals surface area contributed by atoms with Crippen LogP contribution in [0.5, 0.6) is 5.88 Å². The van der Waals surface area contributed by atoms with Crippen LogP contribution < -0.4 is 10.6 Å². The van der Waals surface area contributed by atoms with Gasteiger partial charge in [0.1, 0.15) is 11.9 Å². The molecule has 6 nitrogen and oxygen atoms in total. The number of hydrogen-bond donors (Lipinski definition) is 1. The predicted octanol–water partition coefficient (Wildman–Crippen LogP) is 2.15. The SMILES string of the molecule is NOC1CC(F)CN1C(=O)c1ccc(C2CC2)c(OCC2CC2)n1. The van der Waals surface area contributed by atoms with Gasteiger partial charge in [-0.1, -0.05) is 6.07 Å². The quantitative estimate of drug-likeness (QED) is 0.806. The van der Waals surface area contributed by atoms with Crippen LogP contribution >= 0.6 is 0 Å². The standard InChI is InChI=1S/C17H22FN3O3/c18-12-7-15(24-19)21(8-12)17(22)14-6-5-13(11-3-4-11)16(20-14)23-9-10-1-2-10/h5-6,10-12,15H,1-4,7-9,19H2. The third kappa shape index (κ3) is 3.23. The predicted molar refractivity (Wildman–Crippen MR) is 84.0 cm³/mol. The summed E-state index contributed by atoms with van der Waals surface area (Å²) in [7, 11) is 0. The van der Waals surface area contributed by atoms with Crippen molar-refractivity contribution < 1.29 is 18.8 Å². The van der Waals surface area contributed by atoms with E-state index >= 15 is 0 Å². The number of rotatable bonds is 6. The molecule has 0 spiro atoms. The summed E-state index contributed by atoms with van der Waals surface area (Å²) in [6, 6.07) is 3.61. The van der Waals surface area contributed by atoms with Gasteiger partial charge < -0.3 is 9.64 Å². The van der Waals surface area contributed by atoms with Gasteiger partial charge in [0.25, 0.3) is 5.91 Å². The van der Waals surface area contributed by atoms with Gasteiger partial charge in [0, 0.05) is 12.0 Å². The monoisotopic (exact) mass is 335 g/mol. The first-order chi connectivity index (χ1) is 11.7. The minimum absolute atomic E-state index is 0.0228. The van der Waals surface area contributed by atoms with E-state index in [0.29, 0.717) is 24.3 Å². The van der Waals surface area contributed by atoms with Crippen LogP contribution in [0.3, 0.4) is 0 Å². The number of amides is 1. The number of halogens is 1.